The van der Waals surface area contributed by atoms with Gasteiger partial charge in [-0.1, -0.05) is 6.42 Å². The molecule has 0 bridgehead atoms. The number of nitrogens with two attached hydrogens (primary N) is 1. The number of hydrogen-bond acceptors (Lipinski definition) is 2. The van der Waals surface area contributed by atoms with Crippen molar-refractivity contribution in [3.8, 4) is 0 Å². The smallest absolute Gasteiger partial charge is 0.216 e. The zero-order chi connectivity index (χ0) is 8.97. The van der Waals surface area contributed by atoms with Gasteiger partial charge in [0.1, 0.15) is 0 Å². The summed E-state index contributed by atoms with van der Waals surface area (Å²) in [6, 6.07) is 0.359. The maximum atomic E-state index is 10.6. The molecule has 0 aromatic rings. The highest BCUT2D eigenvalue weighted by atomic mass is 16.1. The Balaban J connectivity index is 2.18. The third kappa shape index (κ3) is 3.22. The van der Waals surface area contributed by atoms with Crippen molar-refractivity contribution in [2.75, 3.05) is 6.54 Å². The molecule has 0 aromatic heterocycles. The molecule has 1 rings (SSSR count). The summed E-state index contributed by atoms with van der Waals surface area (Å²) < 4.78 is 0. The first kappa shape index (κ1) is 9.52. The second-order valence-electron chi connectivity index (χ2n) is 3.73. The largest absolute Gasteiger partial charge is 0.356 e. The lowest BCUT2D eigenvalue weighted by Crippen LogP contribution is -2.34. The van der Waals surface area contributed by atoms with Crippen LogP contribution in [0, 0.1) is 5.92 Å². The van der Waals surface area contributed by atoms with Crippen LogP contribution in [0.5, 0.6) is 0 Å². The average molecular weight is 170 g/mol. The van der Waals surface area contributed by atoms with Gasteiger partial charge in [0.25, 0.3) is 0 Å². The number of rotatable bonds is 2. The molecular weight excluding hydrogens is 152 g/mol. The minimum absolute atomic E-state index is 0.0640. The number of carbonyl (C=O) groups is 1. The van der Waals surface area contributed by atoms with Crippen LogP contribution in [-0.4, -0.2) is 18.5 Å². The van der Waals surface area contributed by atoms with Gasteiger partial charge in [-0.3, -0.25) is 4.79 Å². The Labute approximate surface area is 73.7 Å². The predicted octanol–water partition coefficient (Wildman–Crippen LogP) is 0.640. The van der Waals surface area contributed by atoms with Gasteiger partial charge in [0.2, 0.25) is 5.91 Å². The molecule has 1 saturated carbocycles. The van der Waals surface area contributed by atoms with Crippen molar-refractivity contribution < 1.29 is 4.79 Å². The lowest BCUT2D eigenvalue weighted by atomic mass is 9.86. The molecule has 2 unspecified atom stereocenters. The van der Waals surface area contributed by atoms with Gasteiger partial charge in [-0.25, -0.2) is 0 Å². The van der Waals surface area contributed by atoms with Gasteiger partial charge in [-0.15, -0.1) is 0 Å². The van der Waals surface area contributed by atoms with E-state index < -0.39 is 0 Å². The van der Waals surface area contributed by atoms with Crippen molar-refractivity contribution in [3.63, 3.8) is 0 Å². The monoisotopic (exact) mass is 170 g/mol. The molecule has 3 N–H and O–H groups in total. The fourth-order valence-electron chi connectivity index (χ4n) is 1.81. The Hall–Kier alpha value is -0.570. The molecule has 0 aliphatic heterocycles. The fraction of sp³-hybridized carbons (Fsp3) is 0.889. The second kappa shape index (κ2) is 4.45. The fourth-order valence-corrected chi connectivity index (χ4v) is 1.81. The van der Waals surface area contributed by atoms with E-state index in [9.17, 15) is 4.79 Å². The van der Waals surface area contributed by atoms with Crippen LogP contribution >= 0.6 is 0 Å². The molecule has 12 heavy (non-hydrogen) atoms. The van der Waals surface area contributed by atoms with E-state index in [1.807, 2.05) is 0 Å². The van der Waals surface area contributed by atoms with E-state index in [4.69, 9.17) is 5.73 Å². The maximum absolute atomic E-state index is 10.6. The number of carbonyl (C=O) groups excluding carboxylic acids is 1. The molecule has 1 fully saturated rings. The average Bonchev–Trinajstić information content (AvgIpc) is 2.01. The number of nitrogens with one attached hydrogen (secondary N) is 1. The molecule has 0 radical (unpaired) electrons. The Morgan fingerprint density at radius 1 is 1.58 bits per heavy atom. The molecule has 70 valence electrons. The van der Waals surface area contributed by atoms with Gasteiger partial charge in [-0.05, 0) is 25.2 Å². The molecule has 0 aromatic carbocycles. The van der Waals surface area contributed by atoms with Crippen LogP contribution in [0.15, 0.2) is 0 Å². The van der Waals surface area contributed by atoms with Crippen LogP contribution in [0.3, 0.4) is 0 Å². The zero-order valence-corrected chi connectivity index (χ0v) is 7.68. The summed E-state index contributed by atoms with van der Waals surface area (Å²) in [5, 5.41) is 2.84. The van der Waals surface area contributed by atoms with Gasteiger partial charge in [0, 0.05) is 19.5 Å². The summed E-state index contributed by atoms with van der Waals surface area (Å²) in [6.45, 7) is 2.37. The molecule has 1 amide bonds. The highest BCUT2D eigenvalue weighted by Gasteiger charge is 2.18. The quantitative estimate of drug-likeness (QED) is 0.639. The summed E-state index contributed by atoms with van der Waals surface area (Å²) in [5.74, 6) is 0.673. The van der Waals surface area contributed by atoms with Crippen LogP contribution in [0.2, 0.25) is 0 Å². The first-order valence-electron chi connectivity index (χ1n) is 4.68. The van der Waals surface area contributed by atoms with Gasteiger partial charge < -0.3 is 11.1 Å². The third-order valence-corrected chi connectivity index (χ3v) is 2.46. The van der Waals surface area contributed by atoms with E-state index in [1.165, 1.54) is 12.8 Å². The first-order chi connectivity index (χ1) is 5.68. The lowest BCUT2D eigenvalue weighted by molar-refractivity contribution is -0.119. The van der Waals surface area contributed by atoms with E-state index in [-0.39, 0.29) is 5.91 Å². The molecule has 3 heteroatoms. The topological polar surface area (TPSA) is 55.1 Å². The molecule has 0 heterocycles. The number of hydrogen-bond donors (Lipinski definition) is 2. The highest BCUT2D eigenvalue weighted by Crippen LogP contribution is 2.22. The first-order valence-corrected chi connectivity index (χ1v) is 4.68. The van der Waals surface area contributed by atoms with Gasteiger partial charge in [0.05, 0.1) is 0 Å². The van der Waals surface area contributed by atoms with E-state index in [0.29, 0.717) is 12.0 Å². The van der Waals surface area contributed by atoms with E-state index in [2.05, 4.69) is 5.32 Å². The van der Waals surface area contributed by atoms with Crippen LogP contribution in [0.4, 0.5) is 0 Å². The Morgan fingerprint density at radius 2 is 2.33 bits per heavy atom. The lowest BCUT2D eigenvalue weighted by Gasteiger charge is -2.26. The van der Waals surface area contributed by atoms with Crippen molar-refractivity contribution in [2.24, 2.45) is 11.7 Å². The van der Waals surface area contributed by atoms with Crippen molar-refractivity contribution in [1.82, 2.24) is 5.32 Å². The van der Waals surface area contributed by atoms with Crippen LogP contribution in [0.1, 0.15) is 32.6 Å². The van der Waals surface area contributed by atoms with Crippen LogP contribution in [0.25, 0.3) is 0 Å². The van der Waals surface area contributed by atoms with E-state index in [1.54, 1.807) is 6.92 Å². The third-order valence-electron chi connectivity index (χ3n) is 2.46. The molecule has 1 aliphatic carbocycles. The molecule has 1 aliphatic rings. The minimum Gasteiger partial charge on any atom is -0.356 e. The van der Waals surface area contributed by atoms with Crippen molar-refractivity contribution >= 4 is 5.91 Å². The molecular formula is C9H18N2O. The Bertz CT molecular complexity index is 159. The van der Waals surface area contributed by atoms with E-state index in [0.717, 1.165) is 19.4 Å². The Morgan fingerprint density at radius 3 is 2.92 bits per heavy atom. The van der Waals surface area contributed by atoms with Crippen molar-refractivity contribution in [1.29, 1.82) is 0 Å². The minimum atomic E-state index is 0.0640. The summed E-state index contributed by atoms with van der Waals surface area (Å²) in [7, 11) is 0. The summed E-state index contributed by atoms with van der Waals surface area (Å²) in [4.78, 5) is 10.6. The van der Waals surface area contributed by atoms with Gasteiger partial charge >= 0.3 is 0 Å². The molecule has 2 atom stereocenters. The predicted molar refractivity (Wildman–Crippen MR) is 48.6 cm³/mol. The Kier molecular flexibility index (Phi) is 3.53. The summed E-state index contributed by atoms with van der Waals surface area (Å²) in [6.07, 6.45) is 4.65. The molecule has 0 saturated heterocycles. The van der Waals surface area contributed by atoms with Crippen molar-refractivity contribution in [2.45, 2.75) is 38.6 Å². The summed E-state index contributed by atoms with van der Waals surface area (Å²) >= 11 is 0. The van der Waals surface area contributed by atoms with Crippen LogP contribution < -0.4 is 11.1 Å². The van der Waals surface area contributed by atoms with Gasteiger partial charge in [0.15, 0.2) is 0 Å². The molecule has 3 nitrogen and oxygen atoms in total. The number of amides is 1. The van der Waals surface area contributed by atoms with Gasteiger partial charge in [-0.2, -0.15) is 0 Å². The molecule has 0 spiro atoms. The zero-order valence-electron chi connectivity index (χ0n) is 7.68. The SMILES string of the molecule is CC(=O)NCC1CCCC(N)C1. The highest BCUT2D eigenvalue weighted by molar-refractivity contribution is 5.72. The summed E-state index contributed by atoms with van der Waals surface area (Å²) in [5.41, 5.74) is 5.82. The maximum Gasteiger partial charge on any atom is 0.216 e. The van der Waals surface area contributed by atoms with E-state index >= 15 is 0 Å². The van der Waals surface area contributed by atoms with Crippen molar-refractivity contribution in [3.05, 3.63) is 0 Å². The van der Waals surface area contributed by atoms with Crippen LogP contribution in [-0.2, 0) is 4.79 Å². The normalized spacial score (nSPS) is 29.8. The second-order valence-corrected chi connectivity index (χ2v) is 3.73. The standard InChI is InChI=1S/C9H18N2O/c1-7(12)11-6-8-3-2-4-9(10)5-8/h8-9H,2-6,10H2,1H3,(H,11,12).